The third-order valence-corrected chi connectivity index (χ3v) is 6.14. The topological polar surface area (TPSA) is 44.8 Å². The molecule has 0 aliphatic heterocycles. The van der Waals surface area contributed by atoms with E-state index >= 15 is 0 Å². The SMILES string of the molecule is CC.CCCC1=CCCCC1C.CCCc1cccc(OC)c1C.COc1cccc(OC)c1C=O. The van der Waals surface area contributed by atoms with Gasteiger partial charge in [-0.1, -0.05) is 77.3 Å². The van der Waals surface area contributed by atoms with E-state index in [2.05, 4.69) is 45.9 Å². The van der Waals surface area contributed by atoms with Crippen LogP contribution in [0, 0.1) is 12.8 Å². The van der Waals surface area contributed by atoms with Crippen molar-refractivity contribution in [1.29, 1.82) is 0 Å². The molecule has 202 valence electrons. The fourth-order valence-corrected chi connectivity index (χ4v) is 4.15. The van der Waals surface area contributed by atoms with Crippen molar-refractivity contribution in [3.63, 3.8) is 0 Å². The summed E-state index contributed by atoms with van der Waals surface area (Å²) in [4.78, 5) is 10.6. The van der Waals surface area contributed by atoms with Gasteiger partial charge >= 0.3 is 0 Å². The molecule has 0 saturated carbocycles. The zero-order valence-electron chi connectivity index (χ0n) is 24.3. The monoisotopic (exact) mass is 498 g/mol. The zero-order valence-corrected chi connectivity index (χ0v) is 24.3. The quantitative estimate of drug-likeness (QED) is 0.269. The van der Waals surface area contributed by atoms with E-state index in [1.165, 1.54) is 63.9 Å². The number of methoxy groups -OCH3 is 3. The van der Waals surface area contributed by atoms with E-state index in [0.29, 0.717) is 17.1 Å². The Kier molecular flexibility index (Phi) is 18.9. The van der Waals surface area contributed by atoms with Crippen molar-refractivity contribution in [2.45, 2.75) is 86.5 Å². The Morgan fingerprint density at radius 2 is 1.39 bits per heavy atom. The fraction of sp³-hybridized carbons (Fsp3) is 0.531. The molecule has 0 heterocycles. The molecule has 2 aromatic rings. The molecule has 0 N–H and O–H groups in total. The van der Waals surface area contributed by atoms with E-state index in [4.69, 9.17) is 14.2 Å². The smallest absolute Gasteiger partial charge is 0.157 e. The van der Waals surface area contributed by atoms with Crippen LogP contribution in [-0.4, -0.2) is 27.6 Å². The van der Waals surface area contributed by atoms with E-state index in [-0.39, 0.29) is 0 Å². The van der Waals surface area contributed by atoms with Crippen LogP contribution in [0.25, 0.3) is 0 Å². The molecule has 0 spiro atoms. The van der Waals surface area contributed by atoms with E-state index in [9.17, 15) is 4.79 Å². The number of ether oxygens (including phenoxy) is 3. The van der Waals surface area contributed by atoms with Gasteiger partial charge in [-0.3, -0.25) is 4.79 Å². The molecule has 3 rings (SSSR count). The van der Waals surface area contributed by atoms with Crippen molar-refractivity contribution < 1.29 is 19.0 Å². The summed E-state index contributed by atoms with van der Waals surface area (Å²) in [6.45, 7) is 12.9. The first kappa shape index (κ1) is 33.2. The Morgan fingerprint density at radius 3 is 1.86 bits per heavy atom. The lowest BCUT2D eigenvalue weighted by molar-refractivity contribution is 0.111. The van der Waals surface area contributed by atoms with Crippen LogP contribution in [0.15, 0.2) is 48.0 Å². The molecule has 0 aromatic heterocycles. The number of aldehydes is 1. The normalized spacial score (nSPS) is 13.8. The van der Waals surface area contributed by atoms with Gasteiger partial charge in [-0.2, -0.15) is 0 Å². The van der Waals surface area contributed by atoms with Crippen LogP contribution in [0.5, 0.6) is 17.2 Å². The van der Waals surface area contributed by atoms with Gasteiger partial charge in [0.2, 0.25) is 0 Å². The maximum Gasteiger partial charge on any atom is 0.157 e. The highest BCUT2D eigenvalue weighted by Crippen LogP contribution is 2.27. The average Bonchev–Trinajstić information content (AvgIpc) is 2.92. The van der Waals surface area contributed by atoms with Crippen LogP contribution in [0.4, 0.5) is 0 Å². The van der Waals surface area contributed by atoms with Gasteiger partial charge < -0.3 is 14.2 Å². The minimum atomic E-state index is 0.447. The summed E-state index contributed by atoms with van der Waals surface area (Å²) in [6, 6.07) is 11.4. The average molecular weight is 499 g/mol. The molecule has 1 aliphatic carbocycles. The summed E-state index contributed by atoms with van der Waals surface area (Å²) in [6.07, 6.45) is 12.3. The first-order chi connectivity index (χ1) is 17.5. The van der Waals surface area contributed by atoms with Crippen LogP contribution >= 0.6 is 0 Å². The van der Waals surface area contributed by atoms with Gasteiger partial charge in [0.05, 0.1) is 26.9 Å². The van der Waals surface area contributed by atoms with Crippen molar-refractivity contribution in [2.24, 2.45) is 5.92 Å². The Hall–Kier alpha value is -2.75. The van der Waals surface area contributed by atoms with Gasteiger partial charge in [0, 0.05) is 0 Å². The molecule has 36 heavy (non-hydrogen) atoms. The molecular formula is C32H50O4. The highest BCUT2D eigenvalue weighted by atomic mass is 16.5. The number of aryl methyl sites for hydroxylation is 1. The number of hydrogen-bond acceptors (Lipinski definition) is 4. The van der Waals surface area contributed by atoms with E-state index in [0.717, 1.165) is 24.4 Å². The Balaban J connectivity index is 0.000000495. The lowest BCUT2D eigenvalue weighted by Crippen LogP contribution is -2.03. The highest BCUT2D eigenvalue weighted by Gasteiger charge is 2.11. The van der Waals surface area contributed by atoms with Crippen LogP contribution in [0.1, 0.15) is 94.6 Å². The zero-order chi connectivity index (χ0) is 27.3. The second-order valence-electron chi connectivity index (χ2n) is 8.55. The summed E-state index contributed by atoms with van der Waals surface area (Å²) >= 11 is 0. The number of hydrogen-bond donors (Lipinski definition) is 0. The minimum Gasteiger partial charge on any atom is -0.496 e. The van der Waals surface area contributed by atoms with Crippen LogP contribution in [0.3, 0.4) is 0 Å². The predicted octanol–water partition coefficient (Wildman–Crippen LogP) is 9.03. The second-order valence-corrected chi connectivity index (χ2v) is 8.55. The number of benzene rings is 2. The van der Waals surface area contributed by atoms with Crippen molar-refractivity contribution in [2.75, 3.05) is 21.3 Å². The Labute approximate surface area is 221 Å². The molecule has 1 aliphatic rings. The number of carbonyl (C=O) groups excluding carboxylic acids is 1. The highest BCUT2D eigenvalue weighted by molar-refractivity contribution is 5.83. The molecule has 0 fully saturated rings. The van der Waals surface area contributed by atoms with Crippen molar-refractivity contribution in [1.82, 2.24) is 0 Å². The summed E-state index contributed by atoms with van der Waals surface area (Å²) in [5.74, 6) is 2.95. The van der Waals surface area contributed by atoms with E-state index in [1.807, 2.05) is 19.9 Å². The molecule has 1 atom stereocenters. The minimum absolute atomic E-state index is 0.447. The van der Waals surface area contributed by atoms with Crippen molar-refractivity contribution in [3.8, 4) is 17.2 Å². The molecule has 0 saturated heterocycles. The third-order valence-electron chi connectivity index (χ3n) is 6.14. The Morgan fingerprint density at radius 1 is 0.861 bits per heavy atom. The van der Waals surface area contributed by atoms with Gasteiger partial charge in [0.25, 0.3) is 0 Å². The van der Waals surface area contributed by atoms with Gasteiger partial charge in [0.1, 0.15) is 17.2 Å². The number of rotatable bonds is 8. The summed E-state index contributed by atoms with van der Waals surface area (Å²) in [7, 11) is 4.75. The molecule has 0 amide bonds. The lowest BCUT2D eigenvalue weighted by Gasteiger charge is -2.19. The van der Waals surface area contributed by atoms with Gasteiger partial charge in [-0.05, 0) is 74.3 Å². The van der Waals surface area contributed by atoms with Crippen molar-refractivity contribution in [3.05, 3.63) is 64.7 Å². The maximum atomic E-state index is 10.6. The number of carbonyl (C=O) groups is 1. The van der Waals surface area contributed by atoms with Crippen LogP contribution in [-0.2, 0) is 6.42 Å². The largest absolute Gasteiger partial charge is 0.496 e. The van der Waals surface area contributed by atoms with Gasteiger partial charge in [-0.25, -0.2) is 0 Å². The number of allylic oxidation sites excluding steroid dienone is 2. The molecular weight excluding hydrogens is 448 g/mol. The first-order valence-electron chi connectivity index (χ1n) is 13.4. The molecule has 4 nitrogen and oxygen atoms in total. The van der Waals surface area contributed by atoms with Gasteiger partial charge in [0.15, 0.2) is 6.29 Å². The molecule has 4 heteroatoms. The molecule has 1 unspecified atom stereocenters. The Bertz CT molecular complexity index is 863. The van der Waals surface area contributed by atoms with Crippen LogP contribution in [0.2, 0.25) is 0 Å². The summed E-state index contributed by atoms with van der Waals surface area (Å²) in [5, 5.41) is 0. The molecule has 0 bridgehead atoms. The molecule has 2 aromatic carbocycles. The van der Waals surface area contributed by atoms with Crippen molar-refractivity contribution >= 4 is 6.29 Å². The summed E-state index contributed by atoms with van der Waals surface area (Å²) in [5.41, 5.74) is 4.84. The summed E-state index contributed by atoms with van der Waals surface area (Å²) < 4.78 is 15.2. The lowest BCUT2D eigenvalue weighted by atomic mass is 9.87. The van der Waals surface area contributed by atoms with E-state index < -0.39 is 0 Å². The van der Waals surface area contributed by atoms with Crippen LogP contribution < -0.4 is 14.2 Å². The third kappa shape index (κ3) is 11.3. The maximum absolute atomic E-state index is 10.6. The fourth-order valence-electron chi connectivity index (χ4n) is 4.15. The molecule has 0 radical (unpaired) electrons. The standard InChI is InChI=1S/C11H16O.C10H18.C9H10O3.C2H6/c1-4-6-10-7-5-8-11(12-3)9(10)2;1-3-6-10-8-5-4-7-9(10)2;1-11-8-4-3-5-9(12-2)7(8)6-10;1-2/h5,7-8H,4,6H2,1-3H3;8-9H,3-7H2,1-2H3;3-6H,1-2H3;1-2H3. The van der Waals surface area contributed by atoms with Gasteiger partial charge in [-0.15, -0.1) is 0 Å². The van der Waals surface area contributed by atoms with E-state index in [1.54, 1.807) is 30.9 Å². The second kappa shape index (κ2) is 20.4. The first-order valence-corrected chi connectivity index (χ1v) is 13.4. The predicted molar refractivity (Wildman–Crippen MR) is 154 cm³/mol.